The molecule has 6 nitrogen and oxygen atoms in total. The van der Waals surface area contributed by atoms with E-state index in [-0.39, 0.29) is 11.5 Å². The predicted molar refractivity (Wildman–Crippen MR) is 77.6 cm³/mol. The molecule has 9 heteroatoms. The Morgan fingerprint density at radius 2 is 1.78 bits per heavy atom. The van der Waals surface area contributed by atoms with Crippen molar-refractivity contribution in [2.75, 3.05) is 12.0 Å². The molecule has 120 valence electrons. The molecule has 0 unspecified atom stereocenters. The molecule has 1 aromatic carbocycles. The minimum Gasteiger partial charge on any atom is -0.464 e. The zero-order chi connectivity index (χ0) is 17.1. The Hall–Kier alpha value is -2.61. The van der Waals surface area contributed by atoms with Gasteiger partial charge in [0.2, 0.25) is 5.91 Å². The Kier molecular flexibility index (Phi) is 4.85. The van der Waals surface area contributed by atoms with Gasteiger partial charge in [-0.05, 0) is 12.1 Å². The van der Waals surface area contributed by atoms with Crippen LogP contribution in [0.15, 0.2) is 24.5 Å². The summed E-state index contributed by atoms with van der Waals surface area (Å²) in [5.74, 6) is -3.86. The van der Waals surface area contributed by atoms with E-state index in [0.717, 1.165) is 26.2 Å². The molecule has 1 aromatic heterocycles. The van der Waals surface area contributed by atoms with Crippen molar-refractivity contribution in [3.05, 3.63) is 46.9 Å². The lowest BCUT2D eigenvalue weighted by Gasteiger charge is -2.23. The molecule has 2 rings (SSSR count). The van der Waals surface area contributed by atoms with Crippen molar-refractivity contribution < 1.29 is 23.1 Å². The molecule has 0 N–H and O–H groups in total. The summed E-state index contributed by atoms with van der Waals surface area (Å²) in [5.41, 5.74) is -0.908. The van der Waals surface area contributed by atoms with E-state index in [1.807, 2.05) is 0 Å². The molecule has 0 aliphatic heterocycles. The maximum absolute atomic E-state index is 14.1. The number of esters is 1. The molecule has 0 saturated heterocycles. The Labute approximate surface area is 134 Å². The molecule has 23 heavy (non-hydrogen) atoms. The van der Waals surface area contributed by atoms with Crippen LogP contribution in [-0.4, -0.2) is 29.0 Å². The van der Waals surface area contributed by atoms with Crippen molar-refractivity contribution in [1.82, 2.24) is 9.97 Å². The third kappa shape index (κ3) is 3.11. The van der Waals surface area contributed by atoms with Crippen LogP contribution in [0.3, 0.4) is 0 Å². The second-order valence-corrected chi connectivity index (χ2v) is 4.64. The van der Waals surface area contributed by atoms with Crippen LogP contribution >= 0.6 is 11.6 Å². The number of ether oxygens (including phenoxy) is 1. The van der Waals surface area contributed by atoms with E-state index < -0.39 is 34.2 Å². The Balaban J connectivity index is 2.74. The van der Waals surface area contributed by atoms with Gasteiger partial charge in [0.25, 0.3) is 0 Å². The summed E-state index contributed by atoms with van der Waals surface area (Å²) in [7, 11) is 1.11. The molecule has 0 bridgehead atoms. The molecule has 1 heterocycles. The van der Waals surface area contributed by atoms with E-state index >= 15 is 0 Å². The van der Waals surface area contributed by atoms with E-state index in [2.05, 4.69) is 14.7 Å². The van der Waals surface area contributed by atoms with Crippen LogP contribution in [0.5, 0.6) is 0 Å². The quantitative estimate of drug-likeness (QED) is 0.634. The van der Waals surface area contributed by atoms with Gasteiger partial charge >= 0.3 is 5.97 Å². The fourth-order valence-electron chi connectivity index (χ4n) is 1.87. The minimum atomic E-state index is -0.965. The lowest BCUT2D eigenvalue weighted by Crippen LogP contribution is -2.28. The molecule has 0 aliphatic rings. The number of anilines is 2. The van der Waals surface area contributed by atoms with Gasteiger partial charge in [-0.25, -0.2) is 23.5 Å². The van der Waals surface area contributed by atoms with Gasteiger partial charge in [-0.15, -0.1) is 0 Å². The summed E-state index contributed by atoms with van der Waals surface area (Å²) < 4.78 is 32.3. The van der Waals surface area contributed by atoms with Crippen molar-refractivity contribution >= 4 is 35.0 Å². The van der Waals surface area contributed by atoms with Crippen molar-refractivity contribution in [1.29, 1.82) is 0 Å². The number of methoxy groups -OCH3 is 1. The molecule has 0 spiro atoms. The molecule has 0 radical (unpaired) electrons. The van der Waals surface area contributed by atoms with Gasteiger partial charge in [0, 0.05) is 19.3 Å². The standard InChI is InChI=1S/C14H10ClF2N3O3/c1-7(21)20(12-9(17)4-3-8(16)10(12)15)13-11(14(22)23-2)18-5-6-19-13/h3-6H,1-2H3. The molecular weight excluding hydrogens is 332 g/mol. The molecule has 0 atom stereocenters. The van der Waals surface area contributed by atoms with Crippen LogP contribution in [0.1, 0.15) is 17.4 Å². The molecule has 1 amide bonds. The van der Waals surface area contributed by atoms with Gasteiger partial charge in [-0.1, -0.05) is 11.6 Å². The average Bonchev–Trinajstić information content (AvgIpc) is 2.54. The maximum Gasteiger partial charge on any atom is 0.360 e. The number of rotatable bonds is 3. The van der Waals surface area contributed by atoms with Gasteiger partial charge in [-0.2, -0.15) is 0 Å². The van der Waals surface area contributed by atoms with Crippen LogP contribution in [0, 0.1) is 11.6 Å². The normalized spacial score (nSPS) is 10.3. The summed E-state index contributed by atoms with van der Waals surface area (Å²) in [5, 5.41) is -0.623. The molecule has 0 saturated carbocycles. The van der Waals surface area contributed by atoms with Crippen LogP contribution in [0.2, 0.25) is 5.02 Å². The van der Waals surface area contributed by atoms with Gasteiger partial charge < -0.3 is 4.74 Å². The first-order valence-electron chi connectivity index (χ1n) is 6.22. The molecular formula is C14H10ClF2N3O3. The fourth-order valence-corrected chi connectivity index (χ4v) is 2.11. The number of carbonyl (C=O) groups is 2. The summed E-state index contributed by atoms with van der Waals surface area (Å²) in [4.78, 5) is 32.0. The number of hydrogen-bond acceptors (Lipinski definition) is 5. The number of hydrogen-bond donors (Lipinski definition) is 0. The highest BCUT2D eigenvalue weighted by Gasteiger charge is 2.29. The first-order chi connectivity index (χ1) is 10.9. The summed E-state index contributed by atoms with van der Waals surface area (Å²) in [6.45, 7) is 1.08. The highest BCUT2D eigenvalue weighted by molar-refractivity contribution is 6.34. The highest BCUT2D eigenvalue weighted by Crippen LogP contribution is 2.36. The Morgan fingerprint density at radius 3 is 2.39 bits per heavy atom. The van der Waals surface area contributed by atoms with Crippen molar-refractivity contribution in [3.63, 3.8) is 0 Å². The monoisotopic (exact) mass is 341 g/mol. The largest absolute Gasteiger partial charge is 0.464 e. The number of aromatic nitrogens is 2. The van der Waals surface area contributed by atoms with E-state index in [4.69, 9.17) is 11.6 Å². The number of nitrogens with zero attached hydrogens (tertiary/aromatic N) is 3. The number of carbonyl (C=O) groups excluding carboxylic acids is 2. The molecule has 0 aliphatic carbocycles. The second-order valence-electron chi connectivity index (χ2n) is 4.27. The Bertz CT molecular complexity index is 786. The first kappa shape index (κ1) is 16.8. The number of halogens is 3. The van der Waals surface area contributed by atoms with Crippen LogP contribution < -0.4 is 4.90 Å². The van der Waals surface area contributed by atoms with Gasteiger partial charge in [0.15, 0.2) is 11.5 Å². The third-order valence-electron chi connectivity index (χ3n) is 2.83. The maximum atomic E-state index is 14.1. The lowest BCUT2D eigenvalue weighted by atomic mass is 10.2. The topological polar surface area (TPSA) is 72.4 Å². The lowest BCUT2D eigenvalue weighted by molar-refractivity contribution is -0.115. The van der Waals surface area contributed by atoms with E-state index in [1.165, 1.54) is 12.4 Å². The van der Waals surface area contributed by atoms with Crippen LogP contribution in [-0.2, 0) is 9.53 Å². The molecule has 0 fully saturated rings. The third-order valence-corrected chi connectivity index (χ3v) is 3.19. The fraction of sp³-hybridized carbons (Fsp3) is 0.143. The summed E-state index contributed by atoms with van der Waals surface area (Å²) in [6.07, 6.45) is 2.38. The summed E-state index contributed by atoms with van der Waals surface area (Å²) in [6, 6.07) is 1.62. The second kappa shape index (κ2) is 6.66. The van der Waals surface area contributed by atoms with Gasteiger partial charge in [0.05, 0.1) is 7.11 Å². The number of benzene rings is 1. The van der Waals surface area contributed by atoms with Gasteiger partial charge in [0.1, 0.15) is 22.3 Å². The molecule has 2 aromatic rings. The van der Waals surface area contributed by atoms with Crippen molar-refractivity contribution in [2.24, 2.45) is 0 Å². The van der Waals surface area contributed by atoms with Crippen molar-refractivity contribution in [2.45, 2.75) is 6.92 Å². The predicted octanol–water partition coefficient (Wildman–Crippen LogP) is 2.88. The van der Waals surface area contributed by atoms with Crippen LogP contribution in [0.25, 0.3) is 0 Å². The smallest absolute Gasteiger partial charge is 0.360 e. The van der Waals surface area contributed by atoms with E-state index in [0.29, 0.717) is 4.90 Å². The van der Waals surface area contributed by atoms with Crippen LogP contribution in [0.4, 0.5) is 20.3 Å². The SMILES string of the molecule is COC(=O)c1nccnc1N(C(C)=O)c1c(F)ccc(F)c1Cl. The zero-order valence-corrected chi connectivity index (χ0v) is 12.8. The summed E-state index contributed by atoms with van der Waals surface area (Å²) >= 11 is 5.78. The van der Waals surface area contributed by atoms with E-state index in [9.17, 15) is 18.4 Å². The minimum absolute atomic E-state index is 0.321. The Morgan fingerprint density at radius 1 is 1.17 bits per heavy atom. The first-order valence-corrected chi connectivity index (χ1v) is 6.59. The van der Waals surface area contributed by atoms with E-state index in [1.54, 1.807) is 0 Å². The van der Waals surface area contributed by atoms with Crippen molar-refractivity contribution in [3.8, 4) is 0 Å². The number of amides is 1. The highest BCUT2D eigenvalue weighted by atomic mass is 35.5. The average molecular weight is 342 g/mol. The zero-order valence-electron chi connectivity index (χ0n) is 12.0. The van der Waals surface area contributed by atoms with Gasteiger partial charge in [-0.3, -0.25) is 9.69 Å².